The molecule has 6 nitrogen and oxygen atoms in total. The van der Waals surface area contributed by atoms with Crippen LogP contribution in [-0.4, -0.2) is 40.7 Å². The second-order valence-electron chi connectivity index (χ2n) is 6.82. The van der Waals surface area contributed by atoms with Crippen molar-refractivity contribution < 1.29 is 49.9 Å². The van der Waals surface area contributed by atoms with Gasteiger partial charge in [0, 0.05) is 0 Å². The Labute approximate surface area is 193 Å². The van der Waals surface area contributed by atoms with E-state index in [1.54, 1.807) is 24.3 Å². The molecule has 1 atom stereocenters. The quantitative estimate of drug-likeness (QED) is 0.266. The molecule has 0 fully saturated rings. The van der Waals surface area contributed by atoms with E-state index in [9.17, 15) is 45.1 Å². The van der Waals surface area contributed by atoms with Crippen LogP contribution in [0, 0.1) is 0 Å². The fraction of sp³-hybridized carbons (Fsp3) is 0.143. The summed E-state index contributed by atoms with van der Waals surface area (Å²) in [5, 5.41) is 13.4. The van der Waals surface area contributed by atoms with Crippen molar-refractivity contribution in [1.82, 2.24) is 0 Å². The molecule has 1 unspecified atom stereocenters. The molecule has 0 bridgehead atoms. The summed E-state index contributed by atoms with van der Waals surface area (Å²) in [5.74, 6) is -0.752. The van der Waals surface area contributed by atoms with Gasteiger partial charge in [-0.3, -0.25) is 0 Å². The predicted molar refractivity (Wildman–Crippen MR) is 110 cm³/mol. The van der Waals surface area contributed by atoms with Crippen molar-refractivity contribution in [3.8, 4) is 17.2 Å². The number of ether oxygens (including phenoxy) is 1. The standard InChI is InChI=1S/C21H15F5O6S2/c22-20(23,24)19(21(25,26)34(29,30)31)32-15-5-11-18(12-6-15)33(16-7-1-13(27)2-8-16)17-9-3-14(28)4-10-17/h1-12,19H,(H2-,27,28,29,30,31). The lowest BCUT2D eigenvalue weighted by atomic mass is 10.3. The lowest BCUT2D eigenvalue weighted by molar-refractivity contribution is -0.239. The average molecular weight is 522 g/mol. The van der Waals surface area contributed by atoms with E-state index in [1.165, 1.54) is 36.4 Å². The van der Waals surface area contributed by atoms with E-state index in [-0.39, 0.29) is 11.5 Å². The number of benzene rings is 3. The van der Waals surface area contributed by atoms with E-state index in [4.69, 9.17) is 0 Å². The van der Waals surface area contributed by atoms with Crippen molar-refractivity contribution >= 4 is 21.0 Å². The Balaban J connectivity index is 1.99. The molecule has 3 aromatic rings. The molecule has 0 saturated heterocycles. The van der Waals surface area contributed by atoms with Gasteiger partial charge in [-0.15, -0.1) is 0 Å². The third-order valence-electron chi connectivity index (χ3n) is 4.39. The Hall–Kier alpha value is -3.03. The van der Waals surface area contributed by atoms with Crippen LogP contribution in [0.5, 0.6) is 17.2 Å². The normalized spacial score (nSPS) is 13.6. The Morgan fingerprint density at radius 2 is 1.09 bits per heavy atom. The molecule has 182 valence electrons. The Bertz CT molecular complexity index is 1180. The topological polar surface area (TPSA) is 107 Å². The molecule has 0 saturated carbocycles. The summed E-state index contributed by atoms with van der Waals surface area (Å²) >= 11 is 0. The van der Waals surface area contributed by atoms with E-state index < -0.39 is 44.3 Å². The lowest BCUT2D eigenvalue weighted by Gasteiger charge is -2.30. The minimum absolute atomic E-state index is 0.00537. The van der Waals surface area contributed by atoms with Gasteiger partial charge in [-0.1, -0.05) is 0 Å². The second-order valence-corrected chi connectivity index (χ2v) is 10.3. The molecule has 0 aliphatic rings. The first-order valence-corrected chi connectivity index (χ1v) is 11.8. The van der Waals surface area contributed by atoms with Crippen LogP contribution in [0.15, 0.2) is 87.5 Å². The fourth-order valence-electron chi connectivity index (χ4n) is 2.82. The molecule has 0 aliphatic carbocycles. The highest BCUT2D eigenvalue weighted by Crippen LogP contribution is 2.39. The highest BCUT2D eigenvalue weighted by molar-refractivity contribution is 7.97. The van der Waals surface area contributed by atoms with Gasteiger partial charge in [-0.05, 0) is 72.8 Å². The van der Waals surface area contributed by atoms with Crippen LogP contribution in [-0.2, 0) is 21.0 Å². The van der Waals surface area contributed by atoms with Gasteiger partial charge in [0.15, 0.2) is 24.8 Å². The zero-order valence-corrected chi connectivity index (χ0v) is 18.4. The van der Waals surface area contributed by atoms with E-state index >= 15 is 0 Å². The number of hydrogen-bond donors (Lipinski definition) is 2. The molecule has 3 aromatic carbocycles. The van der Waals surface area contributed by atoms with Crippen LogP contribution in [0.25, 0.3) is 0 Å². The Morgan fingerprint density at radius 3 is 1.41 bits per heavy atom. The minimum atomic E-state index is -6.67. The third kappa shape index (κ3) is 5.54. The second kappa shape index (κ2) is 9.31. The first-order chi connectivity index (χ1) is 15.7. The van der Waals surface area contributed by atoms with Crippen LogP contribution in [0.2, 0.25) is 0 Å². The third-order valence-corrected chi connectivity index (χ3v) is 7.51. The first kappa shape index (κ1) is 25.6. The van der Waals surface area contributed by atoms with Crippen LogP contribution < -0.4 is 4.74 Å². The van der Waals surface area contributed by atoms with Crippen molar-refractivity contribution in [1.29, 1.82) is 0 Å². The summed E-state index contributed by atoms with van der Waals surface area (Å²) in [6.07, 6.45) is -10.1. The van der Waals surface area contributed by atoms with Crippen LogP contribution >= 0.6 is 0 Å². The van der Waals surface area contributed by atoms with E-state index in [1.807, 2.05) is 0 Å². The van der Waals surface area contributed by atoms with Crippen molar-refractivity contribution in [2.45, 2.75) is 32.2 Å². The Morgan fingerprint density at radius 1 is 0.735 bits per heavy atom. The molecule has 0 aliphatic heterocycles. The highest BCUT2D eigenvalue weighted by Gasteiger charge is 2.62. The van der Waals surface area contributed by atoms with Gasteiger partial charge in [0.1, 0.15) is 17.2 Å². The summed E-state index contributed by atoms with van der Waals surface area (Å²) in [7, 11) is -7.57. The van der Waals surface area contributed by atoms with Gasteiger partial charge in [0.25, 0.3) is 6.10 Å². The number of aromatic hydroxyl groups is 2. The summed E-state index contributed by atoms with van der Waals surface area (Å²) in [6.45, 7) is 0. The van der Waals surface area contributed by atoms with Gasteiger partial charge >= 0.3 is 11.4 Å². The molecular formula is C21H15F5O6S2. The number of phenolic OH excluding ortho intramolecular Hbond substituents is 2. The molecular weight excluding hydrogens is 507 g/mol. The molecule has 0 amide bonds. The number of halogens is 5. The summed E-state index contributed by atoms with van der Waals surface area (Å²) in [6, 6.07) is 16.6. The largest absolute Gasteiger partial charge is 0.743 e. The molecule has 0 spiro atoms. The monoisotopic (exact) mass is 522 g/mol. The zero-order chi connectivity index (χ0) is 25.3. The molecule has 0 radical (unpaired) electrons. The first-order valence-electron chi connectivity index (χ1n) is 9.19. The van der Waals surface area contributed by atoms with Crippen molar-refractivity contribution in [2.24, 2.45) is 0 Å². The molecule has 3 rings (SSSR count). The van der Waals surface area contributed by atoms with Crippen molar-refractivity contribution in [3.63, 3.8) is 0 Å². The van der Waals surface area contributed by atoms with Crippen molar-refractivity contribution in [2.75, 3.05) is 0 Å². The molecule has 13 heteroatoms. The van der Waals surface area contributed by atoms with Gasteiger partial charge in [0.2, 0.25) is 0 Å². The van der Waals surface area contributed by atoms with Gasteiger partial charge in [-0.2, -0.15) is 22.0 Å². The predicted octanol–water partition coefficient (Wildman–Crippen LogP) is 4.64. The van der Waals surface area contributed by atoms with Gasteiger partial charge in [-0.25, -0.2) is 8.42 Å². The molecule has 2 N–H and O–H groups in total. The summed E-state index contributed by atoms with van der Waals surface area (Å²) < 4.78 is 103. The number of phenols is 2. The average Bonchev–Trinajstić information content (AvgIpc) is 2.74. The number of rotatable bonds is 7. The lowest BCUT2D eigenvalue weighted by Crippen LogP contribution is -2.53. The fourth-order valence-corrected chi connectivity index (χ4v) is 5.31. The van der Waals surface area contributed by atoms with Crippen LogP contribution in [0.1, 0.15) is 0 Å². The van der Waals surface area contributed by atoms with E-state index in [0.717, 1.165) is 12.1 Å². The van der Waals surface area contributed by atoms with E-state index in [0.29, 0.717) is 14.7 Å². The van der Waals surface area contributed by atoms with Gasteiger partial charge in [0.05, 0.1) is 10.9 Å². The maximum absolute atomic E-state index is 13.7. The van der Waals surface area contributed by atoms with Crippen LogP contribution in [0.4, 0.5) is 22.0 Å². The number of alkyl halides is 5. The highest BCUT2D eigenvalue weighted by atomic mass is 32.2. The maximum atomic E-state index is 13.7. The van der Waals surface area contributed by atoms with Crippen LogP contribution in [0.3, 0.4) is 0 Å². The summed E-state index contributed by atoms with van der Waals surface area (Å²) in [5.41, 5.74) is 0. The SMILES string of the molecule is O=S(=O)([O-])C(F)(F)C(Oc1ccc([S+](c2ccc(O)cc2)c2ccc(O)cc2)cc1)C(F)(F)F. The molecule has 0 aromatic heterocycles. The summed E-state index contributed by atoms with van der Waals surface area (Å²) in [4.78, 5) is 1.85. The van der Waals surface area contributed by atoms with E-state index in [2.05, 4.69) is 4.74 Å². The molecule has 34 heavy (non-hydrogen) atoms. The minimum Gasteiger partial charge on any atom is -0.743 e. The number of hydrogen-bond acceptors (Lipinski definition) is 6. The molecule has 0 heterocycles. The maximum Gasteiger partial charge on any atom is 0.432 e. The Kier molecular flexibility index (Phi) is 7.01. The van der Waals surface area contributed by atoms with Crippen molar-refractivity contribution in [3.05, 3.63) is 72.8 Å². The zero-order valence-electron chi connectivity index (χ0n) is 16.7. The smallest absolute Gasteiger partial charge is 0.432 e. The van der Waals surface area contributed by atoms with Gasteiger partial charge < -0.3 is 19.5 Å².